The lowest BCUT2D eigenvalue weighted by molar-refractivity contribution is 0.0624. The molecule has 0 aliphatic carbocycles. The summed E-state index contributed by atoms with van der Waals surface area (Å²) in [6, 6.07) is 12.9. The first-order valence-electron chi connectivity index (χ1n) is 10.2. The van der Waals surface area contributed by atoms with Crippen molar-refractivity contribution in [1.29, 1.82) is 0 Å². The van der Waals surface area contributed by atoms with Crippen LogP contribution < -0.4 is 5.32 Å². The van der Waals surface area contributed by atoms with Crippen LogP contribution in [0.2, 0.25) is 0 Å². The Morgan fingerprint density at radius 2 is 1.77 bits per heavy atom. The van der Waals surface area contributed by atoms with E-state index in [2.05, 4.69) is 24.1 Å². The van der Waals surface area contributed by atoms with Crippen molar-refractivity contribution in [2.75, 3.05) is 24.7 Å². The van der Waals surface area contributed by atoms with Gasteiger partial charge < -0.3 is 10.2 Å². The van der Waals surface area contributed by atoms with Crippen LogP contribution in [0.25, 0.3) is 5.52 Å². The van der Waals surface area contributed by atoms with Crippen LogP contribution in [-0.2, 0) is 0 Å². The minimum absolute atomic E-state index is 0.0381. The second kappa shape index (κ2) is 8.52. The number of amides is 2. The molecule has 0 bridgehead atoms. The molecule has 1 aliphatic rings. The first-order chi connectivity index (χ1) is 14.5. The number of thioether (sulfide) groups is 1. The molecule has 1 N–H and O–H groups in total. The minimum Gasteiger partial charge on any atom is -0.338 e. The van der Waals surface area contributed by atoms with Crippen molar-refractivity contribution in [3.05, 3.63) is 59.9 Å². The van der Waals surface area contributed by atoms with Crippen molar-refractivity contribution in [2.24, 2.45) is 11.8 Å². The van der Waals surface area contributed by atoms with Gasteiger partial charge in [-0.3, -0.25) is 14.0 Å². The van der Waals surface area contributed by atoms with Crippen molar-refractivity contribution < 1.29 is 9.59 Å². The van der Waals surface area contributed by atoms with Crippen LogP contribution in [0.5, 0.6) is 0 Å². The minimum atomic E-state index is -0.320. The number of para-hydroxylation sites is 1. The van der Waals surface area contributed by atoms with Gasteiger partial charge in [-0.25, -0.2) is 4.98 Å². The number of nitrogens with one attached hydrogen (secondary N) is 1. The Kier molecular flexibility index (Phi) is 5.81. The van der Waals surface area contributed by atoms with E-state index in [0.717, 1.165) is 30.2 Å². The number of carbonyl (C=O) groups excluding carboxylic acids is 2. The summed E-state index contributed by atoms with van der Waals surface area (Å²) < 4.78 is 1.90. The van der Waals surface area contributed by atoms with E-state index in [9.17, 15) is 9.59 Å². The second-order valence-electron chi connectivity index (χ2n) is 8.06. The number of imidazole rings is 1. The molecule has 6 nitrogen and oxygen atoms in total. The average molecular weight is 423 g/mol. The lowest BCUT2D eigenvalue weighted by Crippen LogP contribution is -2.42. The summed E-state index contributed by atoms with van der Waals surface area (Å²) in [6.07, 6.45) is 4.95. The number of anilines is 1. The Balaban J connectivity index is 1.62. The fourth-order valence-corrected chi connectivity index (χ4v) is 4.82. The zero-order valence-corrected chi connectivity index (χ0v) is 18.3. The van der Waals surface area contributed by atoms with Gasteiger partial charge in [0.25, 0.3) is 11.8 Å². The number of carbonyl (C=O) groups is 2. The van der Waals surface area contributed by atoms with Crippen LogP contribution in [0.3, 0.4) is 0 Å². The monoisotopic (exact) mass is 422 g/mol. The normalized spacial score (nSPS) is 19.1. The quantitative estimate of drug-likeness (QED) is 0.632. The Bertz CT molecular complexity index is 1080. The van der Waals surface area contributed by atoms with Gasteiger partial charge in [-0.15, -0.1) is 0 Å². The summed E-state index contributed by atoms with van der Waals surface area (Å²) in [6.45, 7) is 5.84. The Morgan fingerprint density at radius 1 is 1.07 bits per heavy atom. The highest BCUT2D eigenvalue weighted by Gasteiger charge is 2.28. The van der Waals surface area contributed by atoms with Crippen LogP contribution in [0.1, 0.15) is 41.1 Å². The molecule has 30 heavy (non-hydrogen) atoms. The third-order valence-corrected chi connectivity index (χ3v) is 6.13. The number of fused-ring (bicyclic) bond motifs is 1. The molecular formula is C23H26N4O2S. The van der Waals surface area contributed by atoms with Crippen molar-refractivity contribution in [3.8, 4) is 0 Å². The van der Waals surface area contributed by atoms with Crippen LogP contribution in [0, 0.1) is 11.8 Å². The van der Waals surface area contributed by atoms with E-state index in [1.807, 2.05) is 52.1 Å². The van der Waals surface area contributed by atoms with Gasteiger partial charge in [0.15, 0.2) is 10.9 Å². The van der Waals surface area contributed by atoms with Crippen LogP contribution in [0.15, 0.2) is 53.8 Å². The van der Waals surface area contributed by atoms with E-state index in [-0.39, 0.29) is 11.8 Å². The van der Waals surface area contributed by atoms with E-state index in [4.69, 9.17) is 0 Å². The molecule has 0 spiro atoms. The highest BCUT2D eigenvalue weighted by molar-refractivity contribution is 7.98. The number of likely N-dealkylation sites (tertiary alicyclic amines) is 1. The van der Waals surface area contributed by atoms with Crippen LogP contribution in [-0.4, -0.2) is 45.4 Å². The molecule has 4 rings (SSSR count). The number of nitrogens with zero attached hydrogens (tertiary/aromatic N) is 3. The molecule has 1 saturated heterocycles. The summed E-state index contributed by atoms with van der Waals surface area (Å²) in [7, 11) is 0. The number of pyridine rings is 1. The highest BCUT2D eigenvalue weighted by Crippen LogP contribution is 2.26. The van der Waals surface area contributed by atoms with Gasteiger partial charge in [0, 0.05) is 19.3 Å². The fraction of sp³-hybridized carbons (Fsp3) is 0.348. The summed E-state index contributed by atoms with van der Waals surface area (Å²) in [5.74, 6) is 0.589. The number of aromatic nitrogens is 2. The largest absolute Gasteiger partial charge is 0.338 e. The van der Waals surface area contributed by atoms with Gasteiger partial charge in [-0.1, -0.05) is 43.8 Å². The van der Waals surface area contributed by atoms with E-state index in [1.165, 1.54) is 11.8 Å². The van der Waals surface area contributed by atoms with Gasteiger partial charge in [-0.2, -0.15) is 0 Å². The Labute approximate surface area is 180 Å². The Hall–Kier alpha value is -2.80. The fourth-order valence-electron chi connectivity index (χ4n) is 4.28. The molecule has 0 saturated carbocycles. The molecular weight excluding hydrogens is 396 g/mol. The molecule has 3 heterocycles. The maximum absolute atomic E-state index is 13.2. The molecule has 7 heteroatoms. The topological polar surface area (TPSA) is 66.7 Å². The van der Waals surface area contributed by atoms with E-state index < -0.39 is 0 Å². The van der Waals surface area contributed by atoms with E-state index in [1.54, 1.807) is 12.1 Å². The summed E-state index contributed by atoms with van der Waals surface area (Å²) in [5.41, 5.74) is 2.12. The molecule has 156 valence electrons. The molecule has 1 aromatic carbocycles. The molecule has 1 fully saturated rings. The molecule has 0 radical (unpaired) electrons. The number of rotatable bonds is 4. The standard InChI is InChI=1S/C23H26N4O2S/c1-15-12-16(2)14-26(13-15)22(29)17-8-4-5-9-18(17)24-21(28)20-19-10-6-7-11-27(19)23(25-20)30-3/h4-11,15-16H,12-14H2,1-3H3,(H,24,28)/t15-,16-/m1/s1. The predicted molar refractivity (Wildman–Crippen MR) is 120 cm³/mol. The molecule has 2 amide bonds. The average Bonchev–Trinajstić information content (AvgIpc) is 3.12. The van der Waals surface area contributed by atoms with Crippen molar-refractivity contribution in [2.45, 2.75) is 25.4 Å². The van der Waals surface area contributed by atoms with Gasteiger partial charge >= 0.3 is 0 Å². The van der Waals surface area contributed by atoms with Crippen molar-refractivity contribution >= 4 is 34.8 Å². The maximum Gasteiger partial charge on any atom is 0.276 e. The van der Waals surface area contributed by atoms with Gasteiger partial charge in [-0.05, 0) is 48.8 Å². The van der Waals surface area contributed by atoms with Crippen LogP contribution in [0.4, 0.5) is 5.69 Å². The van der Waals surface area contributed by atoms with Crippen molar-refractivity contribution in [1.82, 2.24) is 14.3 Å². The summed E-state index contributed by atoms with van der Waals surface area (Å²) >= 11 is 1.48. The third kappa shape index (κ3) is 3.94. The van der Waals surface area contributed by atoms with E-state index in [0.29, 0.717) is 28.8 Å². The summed E-state index contributed by atoms with van der Waals surface area (Å²) in [5, 5.41) is 3.67. The van der Waals surface area contributed by atoms with Gasteiger partial charge in [0.1, 0.15) is 0 Å². The molecule has 1 aliphatic heterocycles. The zero-order chi connectivity index (χ0) is 21.3. The zero-order valence-electron chi connectivity index (χ0n) is 17.5. The number of benzene rings is 1. The van der Waals surface area contributed by atoms with Gasteiger partial charge in [0.05, 0.1) is 16.8 Å². The van der Waals surface area contributed by atoms with E-state index >= 15 is 0 Å². The highest BCUT2D eigenvalue weighted by atomic mass is 32.2. The smallest absolute Gasteiger partial charge is 0.276 e. The van der Waals surface area contributed by atoms with Crippen LogP contribution >= 0.6 is 11.8 Å². The predicted octanol–water partition coefficient (Wildman–Crippen LogP) is 4.43. The molecule has 3 aromatic rings. The summed E-state index contributed by atoms with van der Waals surface area (Å²) in [4.78, 5) is 32.7. The van der Waals surface area contributed by atoms with Gasteiger partial charge in [0.2, 0.25) is 0 Å². The van der Waals surface area contributed by atoms with Crippen molar-refractivity contribution in [3.63, 3.8) is 0 Å². The first-order valence-corrected chi connectivity index (χ1v) is 11.4. The number of hydrogen-bond donors (Lipinski definition) is 1. The maximum atomic E-state index is 13.2. The first kappa shape index (κ1) is 20.5. The SMILES string of the molecule is CSc1nc(C(=O)Nc2ccccc2C(=O)N2C[C@H](C)C[C@@H](C)C2)c2ccccn12. The molecule has 0 unspecified atom stereocenters. The number of hydrogen-bond acceptors (Lipinski definition) is 4. The lowest BCUT2D eigenvalue weighted by atomic mass is 9.91. The molecule has 2 atom stereocenters. The Morgan fingerprint density at radius 3 is 2.50 bits per heavy atom. The second-order valence-corrected chi connectivity index (χ2v) is 8.83. The third-order valence-electron chi connectivity index (χ3n) is 5.48. The lowest BCUT2D eigenvalue weighted by Gasteiger charge is -2.35. The molecule has 2 aromatic heterocycles. The number of piperidine rings is 1.